The molecule has 3 atom stereocenters. The first-order valence-electron chi connectivity index (χ1n) is 7.55. The van der Waals surface area contributed by atoms with Gasteiger partial charge in [0.05, 0.1) is 11.3 Å². The molecule has 2 aromatic rings. The van der Waals surface area contributed by atoms with Crippen molar-refractivity contribution in [3.63, 3.8) is 0 Å². The van der Waals surface area contributed by atoms with Crippen molar-refractivity contribution in [1.29, 1.82) is 0 Å². The van der Waals surface area contributed by atoms with E-state index in [9.17, 15) is 9.90 Å². The number of hydrogen-bond acceptors (Lipinski definition) is 5. The monoisotopic (exact) mass is 313 g/mol. The molecular formula is C18H19NO4. The Morgan fingerprint density at radius 1 is 1.43 bits per heavy atom. The molecule has 1 aromatic carbocycles. The quantitative estimate of drug-likeness (QED) is 0.878. The molecule has 0 amide bonds. The summed E-state index contributed by atoms with van der Waals surface area (Å²) in [6.45, 7) is 7.53. The van der Waals surface area contributed by atoms with Gasteiger partial charge < -0.3 is 14.3 Å². The summed E-state index contributed by atoms with van der Waals surface area (Å²) in [5.74, 6) is -0.00496. The standard InChI is InChI=1S/C18H19NO4/c1-10(2)17-19-12(9-22-17)8-11(3)16-15(20)13-6-4-5-7-14(13)18(21)23-16/h4-7,9,11,15-16,20H,1,8H2,2-3H3/t11-,15-,16-/m0/s1. The number of aromatic nitrogens is 1. The average molecular weight is 313 g/mol. The number of fused-ring (bicyclic) bond motifs is 1. The van der Waals surface area contributed by atoms with Crippen molar-refractivity contribution in [2.75, 3.05) is 0 Å². The van der Waals surface area contributed by atoms with Crippen molar-refractivity contribution in [2.24, 2.45) is 5.92 Å². The molecule has 3 rings (SSSR count). The van der Waals surface area contributed by atoms with Crippen molar-refractivity contribution in [3.8, 4) is 0 Å². The van der Waals surface area contributed by atoms with E-state index in [0.29, 0.717) is 23.4 Å². The lowest BCUT2D eigenvalue weighted by atomic mass is 9.87. The van der Waals surface area contributed by atoms with Crippen LogP contribution in [0.2, 0.25) is 0 Å². The molecule has 0 bridgehead atoms. The maximum Gasteiger partial charge on any atom is 0.338 e. The third-order valence-electron chi connectivity index (χ3n) is 4.06. The van der Waals surface area contributed by atoms with Gasteiger partial charge in [0.15, 0.2) is 0 Å². The van der Waals surface area contributed by atoms with Gasteiger partial charge in [-0.2, -0.15) is 0 Å². The molecular weight excluding hydrogens is 294 g/mol. The fourth-order valence-electron chi connectivity index (χ4n) is 2.84. The Hall–Kier alpha value is -2.40. The van der Waals surface area contributed by atoms with Crippen molar-refractivity contribution in [2.45, 2.75) is 32.5 Å². The zero-order valence-electron chi connectivity index (χ0n) is 13.2. The number of cyclic esters (lactones) is 1. The highest BCUT2D eigenvalue weighted by Gasteiger charge is 2.37. The zero-order valence-corrected chi connectivity index (χ0v) is 13.2. The lowest BCUT2D eigenvalue weighted by molar-refractivity contribution is -0.0509. The molecule has 0 aliphatic carbocycles. The Morgan fingerprint density at radius 2 is 2.17 bits per heavy atom. The minimum atomic E-state index is -0.841. The fourth-order valence-corrected chi connectivity index (χ4v) is 2.84. The van der Waals surface area contributed by atoms with Crippen LogP contribution in [0.1, 0.15) is 47.5 Å². The predicted molar refractivity (Wildman–Crippen MR) is 84.7 cm³/mol. The summed E-state index contributed by atoms with van der Waals surface area (Å²) in [6, 6.07) is 6.98. The minimum absolute atomic E-state index is 0.106. The van der Waals surface area contributed by atoms with Crippen LogP contribution in [0, 0.1) is 5.92 Å². The van der Waals surface area contributed by atoms with Gasteiger partial charge in [-0.1, -0.05) is 31.7 Å². The third-order valence-corrected chi connectivity index (χ3v) is 4.06. The number of ether oxygens (including phenoxy) is 1. The molecule has 0 spiro atoms. The number of carbonyl (C=O) groups is 1. The van der Waals surface area contributed by atoms with Crippen LogP contribution in [-0.2, 0) is 11.2 Å². The largest absolute Gasteiger partial charge is 0.455 e. The topological polar surface area (TPSA) is 72.6 Å². The van der Waals surface area contributed by atoms with Crippen LogP contribution in [0.4, 0.5) is 0 Å². The number of nitrogens with zero attached hydrogens (tertiary/aromatic N) is 1. The lowest BCUT2D eigenvalue weighted by Crippen LogP contribution is -2.37. The molecule has 1 aromatic heterocycles. The van der Waals surface area contributed by atoms with Crippen molar-refractivity contribution >= 4 is 11.5 Å². The highest BCUT2D eigenvalue weighted by molar-refractivity contribution is 5.92. The van der Waals surface area contributed by atoms with Crippen LogP contribution < -0.4 is 0 Å². The predicted octanol–water partition coefficient (Wildman–Crippen LogP) is 3.16. The average Bonchev–Trinajstić information content (AvgIpc) is 2.99. The third kappa shape index (κ3) is 2.92. The smallest absolute Gasteiger partial charge is 0.338 e. The number of rotatable bonds is 4. The van der Waals surface area contributed by atoms with Gasteiger partial charge in [0.2, 0.25) is 5.89 Å². The summed E-state index contributed by atoms with van der Waals surface area (Å²) in [7, 11) is 0. The van der Waals surface area contributed by atoms with Gasteiger partial charge in [-0.15, -0.1) is 0 Å². The first-order chi connectivity index (χ1) is 11.0. The maximum atomic E-state index is 12.1. The first kappa shape index (κ1) is 15.5. The molecule has 2 heterocycles. The molecule has 1 aliphatic heterocycles. The number of carbonyl (C=O) groups excluding carboxylic acids is 1. The van der Waals surface area contributed by atoms with Gasteiger partial charge in [0.25, 0.3) is 0 Å². The number of benzene rings is 1. The van der Waals surface area contributed by atoms with E-state index in [4.69, 9.17) is 9.15 Å². The summed E-state index contributed by atoms with van der Waals surface area (Å²) in [5, 5.41) is 10.5. The summed E-state index contributed by atoms with van der Waals surface area (Å²) in [5.41, 5.74) is 2.54. The van der Waals surface area contributed by atoms with E-state index in [2.05, 4.69) is 11.6 Å². The maximum absolute atomic E-state index is 12.1. The van der Waals surface area contributed by atoms with Gasteiger partial charge in [0.1, 0.15) is 18.5 Å². The summed E-state index contributed by atoms with van der Waals surface area (Å²) in [4.78, 5) is 16.5. The molecule has 0 saturated carbocycles. The molecule has 1 aliphatic rings. The van der Waals surface area contributed by atoms with Crippen LogP contribution in [0.25, 0.3) is 5.57 Å². The number of allylic oxidation sites excluding steroid dienone is 1. The second-order valence-electron chi connectivity index (χ2n) is 6.01. The van der Waals surface area contributed by atoms with Crippen LogP contribution >= 0.6 is 0 Å². The van der Waals surface area contributed by atoms with E-state index in [1.54, 1.807) is 30.5 Å². The molecule has 0 saturated heterocycles. The molecule has 0 radical (unpaired) electrons. The van der Waals surface area contributed by atoms with E-state index in [1.807, 2.05) is 13.8 Å². The fraction of sp³-hybridized carbons (Fsp3) is 0.333. The van der Waals surface area contributed by atoms with Gasteiger partial charge >= 0.3 is 5.97 Å². The van der Waals surface area contributed by atoms with E-state index in [-0.39, 0.29) is 5.92 Å². The van der Waals surface area contributed by atoms with Crippen LogP contribution in [-0.4, -0.2) is 22.2 Å². The van der Waals surface area contributed by atoms with E-state index in [1.165, 1.54) is 0 Å². The Kier molecular flexibility index (Phi) is 4.05. The molecule has 0 unspecified atom stereocenters. The SMILES string of the molecule is C=C(C)c1nc(C[C@H](C)[C@@H]2OC(=O)c3ccccc3[C@@H]2O)co1. The summed E-state index contributed by atoms with van der Waals surface area (Å²) < 4.78 is 10.8. The number of hydrogen-bond donors (Lipinski definition) is 1. The van der Waals surface area contributed by atoms with E-state index >= 15 is 0 Å². The highest BCUT2D eigenvalue weighted by Crippen LogP contribution is 2.34. The molecule has 0 fully saturated rings. The Bertz CT molecular complexity index is 749. The Morgan fingerprint density at radius 3 is 2.87 bits per heavy atom. The van der Waals surface area contributed by atoms with Gasteiger partial charge in [-0.05, 0) is 25.0 Å². The summed E-state index contributed by atoms with van der Waals surface area (Å²) in [6.07, 6.45) is 0.660. The lowest BCUT2D eigenvalue weighted by Gasteiger charge is -2.33. The Balaban J connectivity index is 1.78. The minimum Gasteiger partial charge on any atom is -0.455 e. The Labute approximate surface area is 134 Å². The van der Waals surface area contributed by atoms with Crippen LogP contribution in [0.5, 0.6) is 0 Å². The van der Waals surface area contributed by atoms with Gasteiger partial charge in [-0.25, -0.2) is 9.78 Å². The molecule has 120 valence electrons. The first-order valence-corrected chi connectivity index (χ1v) is 7.55. The number of aliphatic hydroxyl groups excluding tert-OH is 1. The second kappa shape index (κ2) is 6.01. The molecule has 5 heteroatoms. The van der Waals surface area contributed by atoms with Gasteiger partial charge in [0, 0.05) is 11.5 Å². The number of oxazole rings is 1. The van der Waals surface area contributed by atoms with Crippen LogP contribution in [0.15, 0.2) is 41.5 Å². The normalized spacial score (nSPS) is 21.4. The van der Waals surface area contributed by atoms with Crippen molar-refractivity contribution < 1.29 is 19.1 Å². The molecule has 23 heavy (non-hydrogen) atoms. The molecule has 5 nitrogen and oxygen atoms in total. The van der Waals surface area contributed by atoms with Crippen molar-refractivity contribution in [1.82, 2.24) is 4.98 Å². The van der Waals surface area contributed by atoms with Crippen molar-refractivity contribution in [3.05, 3.63) is 59.8 Å². The number of aliphatic hydroxyl groups is 1. The van der Waals surface area contributed by atoms with Crippen LogP contribution in [0.3, 0.4) is 0 Å². The molecule has 1 N–H and O–H groups in total. The van der Waals surface area contributed by atoms with Gasteiger partial charge in [-0.3, -0.25) is 0 Å². The summed E-state index contributed by atoms with van der Waals surface area (Å²) >= 11 is 0. The van der Waals surface area contributed by atoms with E-state index in [0.717, 1.165) is 11.3 Å². The number of esters is 1. The van der Waals surface area contributed by atoms with E-state index < -0.39 is 18.2 Å². The second-order valence-corrected chi connectivity index (χ2v) is 6.01. The zero-order chi connectivity index (χ0) is 16.6. The highest BCUT2D eigenvalue weighted by atomic mass is 16.6.